The highest BCUT2D eigenvalue weighted by molar-refractivity contribution is 6.31. The van der Waals surface area contributed by atoms with Gasteiger partial charge in [0.15, 0.2) is 6.10 Å². The molecule has 1 N–H and O–H groups in total. The number of morpholine rings is 1. The molecule has 0 bridgehead atoms. The molecule has 6 heteroatoms. The Bertz CT molecular complexity index is 640. The van der Waals surface area contributed by atoms with Crippen molar-refractivity contribution in [2.24, 2.45) is 0 Å². The van der Waals surface area contributed by atoms with Gasteiger partial charge in [-0.2, -0.15) is 0 Å². The van der Waals surface area contributed by atoms with Crippen molar-refractivity contribution >= 4 is 17.5 Å². The van der Waals surface area contributed by atoms with E-state index in [9.17, 15) is 4.79 Å². The summed E-state index contributed by atoms with van der Waals surface area (Å²) in [6, 6.07) is 5.46. The molecule has 1 aliphatic heterocycles. The predicted octanol–water partition coefficient (Wildman–Crippen LogP) is 3.57. The van der Waals surface area contributed by atoms with Gasteiger partial charge in [-0.3, -0.25) is 9.69 Å². The molecule has 2 fully saturated rings. The third kappa shape index (κ3) is 5.15. The molecule has 1 aromatic rings. The minimum absolute atomic E-state index is 0.0638. The molecule has 1 saturated heterocycles. The molecule has 150 valence electrons. The second kappa shape index (κ2) is 9.26. The van der Waals surface area contributed by atoms with Gasteiger partial charge < -0.3 is 14.8 Å². The van der Waals surface area contributed by atoms with Gasteiger partial charge in [0.1, 0.15) is 5.75 Å². The Kier molecular flexibility index (Phi) is 7.01. The summed E-state index contributed by atoms with van der Waals surface area (Å²) in [5, 5.41) is 3.86. The fourth-order valence-corrected chi connectivity index (χ4v) is 4.31. The second-order valence-corrected chi connectivity index (χ2v) is 8.18. The number of halogens is 1. The molecular formula is C21H31ClN2O3. The number of carbonyl (C=O) groups is 1. The van der Waals surface area contributed by atoms with E-state index in [4.69, 9.17) is 21.1 Å². The second-order valence-electron chi connectivity index (χ2n) is 7.77. The van der Waals surface area contributed by atoms with E-state index in [1.807, 2.05) is 13.0 Å². The van der Waals surface area contributed by atoms with Gasteiger partial charge in [-0.05, 0) is 50.5 Å². The van der Waals surface area contributed by atoms with Gasteiger partial charge in [-0.25, -0.2) is 0 Å². The number of ether oxygens (including phenoxy) is 2. The number of rotatable bonds is 6. The zero-order valence-electron chi connectivity index (χ0n) is 16.4. The van der Waals surface area contributed by atoms with Crippen LogP contribution in [0, 0.1) is 6.92 Å². The van der Waals surface area contributed by atoms with Gasteiger partial charge in [0.2, 0.25) is 0 Å². The highest BCUT2D eigenvalue weighted by Crippen LogP contribution is 2.34. The summed E-state index contributed by atoms with van der Waals surface area (Å²) in [6.45, 7) is 7.87. The van der Waals surface area contributed by atoms with Gasteiger partial charge >= 0.3 is 0 Å². The fraction of sp³-hybridized carbons (Fsp3) is 0.667. The lowest BCUT2D eigenvalue weighted by Crippen LogP contribution is -2.60. The summed E-state index contributed by atoms with van der Waals surface area (Å²) >= 11 is 6.06. The van der Waals surface area contributed by atoms with E-state index < -0.39 is 6.10 Å². The van der Waals surface area contributed by atoms with E-state index in [1.165, 1.54) is 19.3 Å². The summed E-state index contributed by atoms with van der Waals surface area (Å²) < 4.78 is 11.4. The van der Waals surface area contributed by atoms with Gasteiger partial charge in [0, 0.05) is 30.2 Å². The van der Waals surface area contributed by atoms with Crippen LogP contribution in [0.2, 0.25) is 5.02 Å². The third-order valence-electron chi connectivity index (χ3n) is 5.87. The molecule has 1 aromatic carbocycles. The quantitative estimate of drug-likeness (QED) is 0.801. The number of hydrogen-bond donors (Lipinski definition) is 1. The Balaban J connectivity index is 1.58. The van der Waals surface area contributed by atoms with E-state index in [-0.39, 0.29) is 11.4 Å². The van der Waals surface area contributed by atoms with Crippen LogP contribution in [-0.2, 0) is 9.53 Å². The molecule has 5 nitrogen and oxygen atoms in total. The van der Waals surface area contributed by atoms with Crippen molar-refractivity contribution in [2.75, 3.05) is 32.8 Å². The largest absolute Gasteiger partial charge is 0.481 e. The van der Waals surface area contributed by atoms with E-state index >= 15 is 0 Å². The van der Waals surface area contributed by atoms with Crippen LogP contribution in [0.4, 0.5) is 0 Å². The number of nitrogens with zero attached hydrogens (tertiary/aromatic N) is 1. The van der Waals surface area contributed by atoms with Gasteiger partial charge in [0.05, 0.1) is 13.2 Å². The van der Waals surface area contributed by atoms with Crippen LogP contribution in [0.1, 0.15) is 44.6 Å². The lowest BCUT2D eigenvalue weighted by Gasteiger charge is -2.48. The SMILES string of the molecule is Cc1cc(O[C@H](C)C(=O)NCC2(N3CCOCC3)CCCCC2)ccc1Cl. The van der Waals surface area contributed by atoms with Crippen molar-refractivity contribution in [1.82, 2.24) is 10.2 Å². The first-order valence-electron chi connectivity index (χ1n) is 10.0. The summed E-state index contributed by atoms with van der Waals surface area (Å²) in [5.41, 5.74) is 1.00. The number of benzene rings is 1. The van der Waals surface area contributed by atoms with Crippen LogP contribution in [0.3, 0.4) is 0 Å². The molecule has 2 aliphatic rings. The van der Waals surface area contributed by atoms with Crippen LogP contribution in [0.5, 0.6) is 5.75 Å². The van der Waals surface area contributed by atoms with Crippen LogP contribution in [-0.4, -0.2) is 55.3 Å². The predicted molar refractivity (Wildman–Crippen MR) is 107 cm³/mol. The summed E-state index contributed by atoms with van der Waals surface area (Å²) in [5.74, 6) is 0.598. The number of aryl methyl sites for hydroxylation is 1. The van der Waals surface area contributed by atoms with Crippen LogP contribution in [0.15, 0.2) is 18.2 Å². The maximum Gasteiger partial charge on any atom is 0.260 e. The average molecular weight is 395 g/mol. The Labute approximate surface area is 167 Å². The molecule has 27 heavy (non-hydrogen) atoms. The smallest absolute Gasteiger partial charge is 0.260 e. The zero-order valence-corrected chi connectivity index (χ0v) is 17.2. The molecular weight excluding hydrogens is 364 g/mol. The lowest BCUT2D eigenvalue weighted by atomic mass is 9.79. The van der Waals surface area contributed by atoms with Crippen molar-refractivity contribution < 1.29 is 14.3 Å². The molecule has 0 aromatic heterocycles. The van der Waals surface area contributed by atoms with Gasteiger partial charge in [0.25, 0.3) is 5.91 Å². The molecule has 0 radical (unpaired) electrons. The standard InChI is InChI=1S/C21H31ClN2O3/c1-16-14-18(6-7-19(16)22)27-17(2)20(25)23-15-21(8-4-3-5-9-21)24-10-12-26-13-11-24/h6-7,14,17H,3-5,8-13,15H2,1-2H3,(H,23,25)/t17-/m1/s1. The molecule has 3 rings (SSSR count). The minimum Gasteiger partial charge on any atom is -0.481 e. The Hall–Kier alpha value is -1.30. The monoisotopic (exact) mass is 394 g/mol. The summed E-state index contributed by atoms with van der Waals surface area (Å²) in [4.78, 5) is 15.2. The number of nitrogens with one attached hydrogen (secondary N) is 1. The van der Waals surface area contributed by atoms with E-state index in [1.54, 1.807) is 19.1 Å². The third-order valence-corrected chi connectivity index (χ3v) is 6.29. The van der Waals surface area contributed by atoms with E-state index in [0.717, 1.165) is 44.7 Å². The first-order valence-corrected chi connectivity index (χ1v) is 10.4. The maximum atomic E-state index is 12.7. The molecule has 1 heterocycles. The summed E-state index contributed by atoms with van der Waals surface area (Å²) in [6.07, 6.45) is 5.47. The molecule has 1 amide bonds. The number of hydrogen-bond acceptors (Lipinski definition) is 4. The van der Waals surface area contributed by atoms with Crippen molar-refractivity contribution in [3.05, 3.63) is 28.8 Å². The number of amides is 1. The normalized spacial score (nSPS) is 21.4. The average Bonchev–Trinajstić information content (AvgIpc) is 2.70. The molecule has 0 spiro atoms. The van der Waals surface area contributed by atoms with E-state index in [0.29, 0.717) is 17.3 Å². The van der Waals surface area contributed by atoms with Crippen LogP contribution in [0.25, 0.3) is 0 Å². The van der Waals surface area contributed by atoms with Crippen molar-refractivity contribution in [2.45, 2.75) is 57.6 Å². The van der Waals surface area contributed by atoms with Crippen molar-refractivity contribution in [1.29, 1.82) is 0 Å². The molecule has 1 aliphatic carbocycles. The molecule has 0 unspecified atom stereocenters. The summed E-state index contributed by atoms with van der Waals surface area (Å²) in [7, 11) is 0. The van der Waals surface area contributed by atoms with Crippen LogP contribution < -0.4 is 10.1 Å². The minimum atomic E-state index is -0.545. The topological polar surface area (TPSA) is 50.8 Å². The van der Waals surface area contributed by atoms with Crippen molar-refractivity contribution in [3.8, 4) is 5.75 Å². The Morgan fingerprint density at radius 1 is 1.30 bits per heavy atom. The van der Waals surface area contributed by atoms with Gasteiger partial charge in [-0.15, -0.1) is 0 Å². The maximum absolute atomic E-state index is 12.7. The highest BCUT2D eigenvalue weighted by Gasteiger charge is 2.39. The first kappa shape index (κ1) is 20.4. The molecule has 1 atom stereocenters. The zero-order chi connectivity index (χ0) is 19.3. The lowest BCUT2D eigenvalue weighted by molar-refractivity contribution is -0.128. The van der Waals surface area contributed by atoms with Crippen molar-refractivity contribution in [3.63, 3.8) is 0 Å². The number of carbonyl (C=O) groups excluding carboxylic acids is 1. The van der Waals surface area contributed by atoms with Crippen LogP contribution >= 0.6 is 11.6 Å². The molecule has 1 saturated carbocycles. The Morgan fingerprint density at radius 3 is 2.67 bits per heavy atom. The van der Waals surface area contributed by atoms with E-state index in [2.05, 4.69) is 10.2 Å². The first-order chi connectivity index (χ1) is 13.0. The fourth-order valence-electron chi connectivity index (χ4n) is 4.20. The van der Waals surface area contributed by atoms with Gasteiger partial charge in [-0.1, -0.05) is 30.9 Å². The highest BCUT2D eigenvalue weighted by atomic mass is 35.5. The Morgan fingerprint density at radius 2 is 2.00 bits per heavy atom.